The number of unbranched alkanes of at least 4 members (excludes halogenated alkanes) is 1. The maximum absolute atomic E-state index is 11.5. The Balaban J connectivity index is 2.66. The number of likely N-dealkylation sites (N-methyl/N-ethyl adjacent to an activating group) is 1. The van der Waals surface area contributed by atoms with Gasteiger partial charge in [0.1, 0.15) is 6.04 Å². The molecular formula is C9H16N2O3. The molecule has 0 saturated carbocycles. The van der Waals surface area contributed by atoms with Crippen molar-refractivity contribution in [2.45, 2.75) is 25.8 Å². The summed E-state index contributed by atoms with van der Waals surface area (Å²) >= 11 is 0. The molecule has 0 spiro atoms. The number of carboxylic acid groups (broad SMARTS) is 1. The van der Waals surface area contributed by atoms with Crippen LogP contribution in [0.3, 0.4) is 0 Å². The van der Waals surface area contributed by atoms with E-state index in [-0.39, 0.29) is 12.6 Å². The van der Waals surface area contributed by atoms with Gasteiger partial charge in [0.2, 0.25) is 0 Å². The minimum Gasteiger partial charge on any atom is -0.480 e. The third-order valence-corrected chi connectivity index (χ3v) is 2.43. The standard InChI is InChI=1S/C9H16N2O3/c1-3-4-5-11-7(8(12)13)6-10(2)9(11)14/h7H,3-6H2,1-2H3,(H,12,13). The zero-order valence-electron chi connectivity index (χ0n) is 8.56. The molecule has 1 aliphatic rings. The number of aliphatic carboxylic acids is 1. The topological polar surface area (TPSA) is 60.9 Å². The van der Waals surface area contributed by atoms with Gasteiger partial charge < -0.3 is 14.9 Å². The second-order valence-corrected chi connectivity index (χ2v) is 3.56. The van der Waals surface area contributed by atoms with Crippen LogP contribution in [0.2, 0.25) is 0 Å². The maximum Gasteiger partial charge on any atom is 0.328 e. The summed E-state index contributed by atoms with van der Waals surface area (Å²) in [6, 6.07) is -0.843. The van der Waals surface area contributed by atoms with Crippen LogP contribution in [0.5, 0.6) is 0 Å². The van der Waals surface area contributed by atoms with Gasteiger partial charge in [0.25, 0.3) is 0 Å². The van der Waals surface area contributed by atoms with E-state index in [1.807, 2.05) is 6.92 Å². The Hall–Kier alpha value is -1.26. The predicted molar refractivity (Wildman–Crippen MR) is 51.1 cm³/mol. The van der Waals surface area contributed by atoms with Gasteiger partial charge in [-0.2, -0.15) is 0 Å². The highest BCUT2D eigenvalue weighted by Gasteiger charge is 2.38. The van der Waals surface area contributed by atoms with E-state index in [4.69, 9.17) is 5.11 Å². The van der Waals surface area contributed by atoms with Crippen LogP contribution in [0.25, 0.3) is 0 Å². The van der Waals surface area contributed by atoms with Gasteiger partial charge >= 0.3 is 12.0 Å². The first-order chi connectivity index (χ1) is 6.57. The van der Waals surface area contributed by atoms with E-state index in [0.29, 0.717) is 6.54 Å². The van der Waals surface area contributed by atoms with Gasteiger partial charge in [0, 0.05) is 13.6 Å². The lowest BCUT2D eigenvalue weighted by Gasteiger charge is -2.19. The van der Waals surface area contributed by atoms with Crippen molar-refractivity contribution in [2.24, 2.45) is 0 Å². The summed E-state index contributed by atoms with van der Waals surface area (Å²) in [5.74, 6) is -0.918. The van der Waals surface area contributed by atoms with Crippen LogP contribution in [0.1, 0.15) is 19.8 Å². The smallest absolute Gasteiger partial charge is 0.328 e. The summed E-state index contributed by atoms with van der Waals surface area (Å²) in [6.45, 7) is 2.84. The normalized spacial score (nSPS) is 21.9. The first kappa shape index (κ1) is 10.8. The summed E-state index contributed by atoms with van der Waals surface area (Å²) in [5.41, 5.74) is 0. The summed E-state index contributed by atoms with van der Waals surface area (Å²) in [4.78, 5) is 25.2. The molecule has 1 aliphatic heterocycles. The number of nitrogens with zero attached hydrogens (tertiary/aromatic N) is 2. The number of hydrogen-bond donors (Lipinski definition) is 1. The van der Waals surface area contributed by atoms with E-state index < -0.39 is 12.0 Å². The van der Waals surface area contributed by atoms with E-state index >= 15 is 0 Å². The van der Waals surface area contributed by atoms with Crippen molar-refractivity contribution in [3.8, 4) is 0 Å². The molecule has 0 aromatic carbocycles. The predicted octanol–water partition coefficient (Wildman–Crippen LogP) is 0.607. The van der Waals surface area contributed by atoms with Crippen LogP contribution >= 0.6 is 0 Å². The van der Waals surface area contributed by atoms with Crippen LogP contribution in [-0.4, -0.2) is 53.1 Å². The lowest BCUT2D eigenvalue weighted by Crippen LogP contribution is -2.40. The molecule has 0 bridgehead atoms. The fourth-order valence-corrected chi connectivity index (χ4v) is 1.58. The largest absolute Gasteiger partial charge is 0.480 e. The Bertz CT molecular complexity index is 242. The molecule has 5 nitrogen and oxygen atoms in total. The SMILES string of the molecule is CCCCN1C(=O)N(C)CC1C(=O)O. The van der Waals surface area contributed by atoms with Gasteiger partial charge in [0.05, 0.1) is 6.54 Å². The number of hydrogen-bond acceptors (Lipinski definition) is 2. The molecule has 0 radical (unpaired) electrons. The van der Waals surface area contributed by atoms with Crippen LogP contribution in [-0.2, 0) is 4.79 Å². The highest BCUT2D eigenvalue weighted by atomic mass is 16.4. The molecule has 1 atom stereocenters. The summed E-state index contributed by atoms with van der Waals surface area (Å²) in [5, 5.41) is 8.90. The van der Waals surface area contributed by atoms with Crippen LogP contribution < -0.4 is 0 Å². The van der Waals surface area contributed by atoms with Gasteiger partial charge in [-0.3, -0.25) is 0 Å². The summed E-state index contributed by atoms with van der Waals surface area (Å²) < 4.78 is 0. The van der Waals surface area contributed by atoms with Crippen molar-refractivity contribution in [1.82, 2.24) is 9.80 Å². The first-order valence-corrected chi connectivity index (χ1v) is 4.82. The number of amides is 2. The second-order valence-electron chi connectivity index (χ2n) is 3.56. The minimum absolute atomic E-state index is 0.175. The first-order valence-electron chi connectivity index (χ1n) is 4.82. The van der Waals surface area contributed by atoms with Gasteiger partial charge in [0.15, 0.2) is 0 Å². The molecule has 1 fully saturated rings. The average molecular weight is 200 g/mol. The molecule has 2 amide bonds. The van der Waals surface area contributed by atoms with E-state index in [0.717, 1.165) is 12.8 Å². The van der Waals surface area contributed by atoms with Crippen molar-refractivity contribution in [3.05, 3.63) is 0 Å². The molecule has 80 valence electrons. The van der Waals surface area contributed by atoms with Crippen molar-refractivity contribution in [1.29, 1.82) is 0 Å². The van der Waals surface area contributed by atoms with Gasteiger partial charge in [-0.1, -0.05) is 13.3 Å². The van der Waals surface area contributed by atoms with Crippen LogP contribution in [0, 0.1) is 0 Å². The third kappa shape index (κ3) is 1.97. The van der Waals surface area contributed by atoms with E-state index in [1.165, 1.54) is 9.80 Å². The zero-order chi connectivity index (χ0) is 10.7. The van der Waals surface area contributed by atoms with E-state index in [9.17, 15) is 9.59 Å². The molecule has 14 heavy (non-hydrogen) atoms. The summed E-state index contributed by atoms with van der Waals surface area (Å²) in [6.07, 6.45) is 1.81. The number of rotatable bonds is 4. The van der Waals surface area contributed by atoms with Crippen LogP contribution in [0.15, 0.2) is 0 Å². The highest BCUT2D eigenvalue weighted by molar-refractivity contribution is 5.86. The molecule has 0 aliphatic carbocycles. The molecule has 0 aromatic rings. The molecular weight excluding hydrogens is 184 g/mol. The lowest BCUT2D eigenvalue weighted by molar-refractivity contribution is -0.141. The average Bonchev–Trinajstić information content (AvgIpc) is 2.41. The Labute approximate surface area is 83.3 Å². The van der Waals surface area contributed by atoms with Gasteiger partial charge in [-0.05, 0) is 6.42 Å². The van der Waals surface area contributed by atoms with E-state index in [2.05, 4.69) is 0 Å². The molecule has 1 unspecified atom stereocenters. The minimum atomic E-state index is -0.918. The number of carboxylic acids is 1. The van der Waals surface area contributed by atoms with Gasteiger partial charge in [-0.25, -0.2) is 9.59 Å². The van der Waals surface area contributed by atoms with Crippen molar-refractivity contribution in [2.75, 3.05) is 20.1 Å². The monoisotopic (exact) mass is 200 g/mol. The van der Waals surface area contributed by atoms with Crippen molar-refractivity contribution >= 4 is 12.0 Å². The lowest BCUT2D eigenvalue weighted by atomic mass is 10.2. The maximum atomic E-state index is 11.5. The molecule has 1 rings (SSSR count). The fraction of sp³-hybridized carbons (Fsp3) is 0.778. The molecule has 1 heterocycles. The highest BCUT2D eigenvalue weighted by Crippen LogP contribution is 2.15. The summed E-state index contributed by atoms with van der Waals surface area (Å²) in [7, 11) is 1.63. The molecule has 0 aromatic heterocycles. The number of urea groups is 1. The Morgan fingerprint density at radius 1 is 1.64 bits per heavy atom. The second kappa shape index (κ2) is 4.30. The number of carbonyl (C=O) groups is 2. The van der Waals surface area contributed by atoms with Gasteiger partial charge in [-0.15, -0.1) is 0 Å². The number of carbonyl (C=O) groups excluding carboxylic acids is 1. The van der Waals surface area contributed by atoms with Crippen molar-refractivity contribution < 1.29 is 14.7 Å². The Morgan fingerprint density at radius 3 is 2.79 bits per heavy atom. The van der Waals surface area contributed by atoms with E-state index in [1.54, 1.807) is 7.05 Å². The Kier molecular flexibility index (Phi) is 3.33. The quantitative estimate of drug-likeness (QED) is 0.723. The zero-order valence-corrected chi connectivity index (χ0v) is 8.56. The molecule has 1 N–H and O–H groups in total. The molecule has 5 heteroatoms. The van der Waals surface area contributed by atoms with Crippen molar-refractivity contribution in [3.63, 3.8) is 0 Å². The molecule has 1 saturated heterocycles. The fourth-order valence-electron chi connectivity index (χ4n) is 1.58. The Morgan fingerprint density at radius 2 is 2.29 bits per heavy atom. The third-order valence-electron chi connectivity index (χ3n) is 2.43. The van der Waals surface area contributed by atoms with Crippen LogP contribution in [0.4, 0.5) is 4.79 Å².